The normalized spacial score (nSPS) is 16.9. The van der Waals surface area contributed by atoms with Crippen molar-refractivity contribution in [1.29, 1.82) is 0 Å². The van der Waals surface area contributed by atoms with Gasteiger partial charge in [-0.05, 0) is 31.1 Å². The van der Waals surface area contributed by atoms with Crippen LogP contribution in [0.5, 0.6) is 11.5 Å². The number of carbonyl (C=O) groups is 1. The van der Waals surface area contributed by atoms with Crippen LogP contribution in [0.2, 0.25) is 0 Å². The summed E-state index contributed by atoms with van der Waals surface area (Å²) in [6, 6.07) is 2.81. The predicted octanol–water partition coefficient (Wildman–Crippen LogP) is 2.91. The van der Waals surface area contributed by atoms with Crippen molar-refractivity contribution in [3.63, 3.8) is 0 Å². The van der Waals surface area contributed by atoms with Gasteiger partial charge in [-0.15, -0.1) is 0 Å². The van der Waals surface area contributed by atoms with Gasteiger partial charge in [0.2, 0.25) is 0 Å². The molecular formula is C14H16O3. The lowest BCUT2D eigenvalue weighted by Gasteiger charge is -2.33. The van der Waals surface area contributed by atoms with Crippen molar-refractivity contribution in [2.24, 2.45) is 0 Å². The topological polar surface area (TPSA) is 57.5 Å². The molecule has 90 valence electrons. The van der Waals surface area contributed by atoms with Crippen LogP contribution in [0.1, 0.15) is 42.6 Å². The molecule has 0 saturated carbocycles. The number of rotatable bonds is 2. The Balaban J connectivity index is 2.80. The second kappa shape index (κ2) is 3.91. The van der Waals surface area contributed by atoms with Crippen LogP contribution in [-0.2, 0) is 5.41 Å². The largest absolute Gasteiger partial charge is 0.508 e. The maximum atomic E-state index is 11.8. The van der Waals surface area contributed by atoms with Crippen LogP contribution < -0.4 is 0 Å². The van der Waals surface area contributed by atoms with E-state index in [1.165, 1.54) is 18.2 Å². The Bertz CT molecular complexity index is 496. The summed E-state index contributed by atoms with van der Waals surface area (Å²) in [5, 5.41) is 19.8. The lowest BCUT2D eigenvalue weighted by molar-refractivity contribution is 0.103. The SMILES string of the molecule is CCC1(CC)C=CC(=O)c2c(O)ccc(O)c21. The molecule has 0 fully saturated rings. The number of hydrogen-bond donors (Lipinski definition) is 2. The first-order chi connectivity index (χ1) is 8.05. The van der Waals surface area contributed by atoms with Gasteiger partial charge in [0.05, 0.1) is 5.56 Å². The number of allylic oxidation sites excluding steroid dienone is 2. The molecule has 0 radical (unpaired) electrons. The maximum Gasteiger partial charge on any atom is 0.189 e. The van der Waals surface area contributed by atoms with Crippen molar-refractivity contribution >= 4 is 5.78 Å². The first kappa shape index (κ1) is 11.7. The third-order valence-corrected chi connectivity index (χ3v) is 3.72. The second-order valence-corrected chi connectivity index (χ2v) is 4.41. The van der Waals surface area contributed by atoms with Gasteiger partial charge >= 0.3 is 0 Å². The lowest BCUT2D eigenvalue weighted by atomic mass is 9.70. The molecular weight excluding hydrogens is 216 g/mol. The molecule has 1 aromatic rings. The van der Waals surface area contributed by atoms with Gasteiger partial charge in [0.15, 0.2) is 5.78 Å². The number of phenols is 2. The van der Waals surface area contributed by atoms with Crippen LogP contribution in [-0.4, -0.2) is 16.0 Å². The third-order valence-electron chi connectivity index (χ3n) is 3.72. The molecule has 0 aromatic heterocycles. The van der Waals surface area contributed by atoms with Crippen LogP contribution in [0, 0.1) is 0 Å². The average Bonchev–Trinajstić information content (AvgIpc) is 2.34. The Hall–Kier alpha value is -1.77. The third kappa shape index (κ3) is 1.54. The minimum atomic E-state index is -0.355. The molecule has 0 saturated heterocycles. The smallest absolute Gasteiger partial charge is 0.189 e. The van der Waals surface area contributed by atoms with Crippen LogP contribution in [0.25, 0.3) is 0 Å². The Kier molecular flexibility index (Phi) is 2.69. The standard InChI is InChI=1S/C14H16O3/c1-3-14(4-2)8-7-10(16)12-9(15)5-6-11(17)13(12)14/h5-8,15,17H,3-4H2,1-2H3. The van der Waals surface area contributed by atoms with Gasteiger partial charge in [-0.3, -0.25) is 4.79 Å². The molecule has 17 heavy (non-hydrogen) atoms. The predicted molar refractivity (Wildman–Crippen MR) is 65.5 cm³/mol. The minimum absolute atomic E-state index is 0.0570. The van der Waals surface area contributed by atoms with Crippen molar-refractivity contribution in [1.82, 2.24) is 0 Å². The van der Waals surface area contributed by atoms with Gasteiger partial charge in [0.25, 0.3) is 0 Å². The summed E-state index contributed by atoms with van der Waals surface area (Å²) in [5.41, 5.74) is 0.456. The summed E-state index contributed by atoms with van der Waals surface area (Å²) in [6.45, 7) is 4.02. The number of fused-ring (bicyclic) bond motifs is 1. The summed E-state index contributed by atoms with van der Waals surface area (Å²) < 4.78 is 0. The zero-order chi connectivity index (χ0) is 12.6. The minimum Gasteiger partial charge on any atom is -0.508 e. The Labute approximate surface area is 100 Å². The molecule has 0 amide bonds. The van der Waals surface area contributed by atoms with Gasteiger partial charge in [0, 0.05) is 11.0 Å². The van der Waals surface area contributed by atoms with E-state index in [9.17, 15) is 15.0 Å². The molecule has 2 N–H and O–H groups in total. The van der Waals surface area contributed by atoms with E-state index in [1.54, 1.807) is 0 Å². The maximum absolute atomic E-state index is 11.8. The molecule has 1 aliphatic rings. The summed E-state index contributed by atoms with van der Waals surface area (Å²) in [5.74, 6) is -0.219. The number of phenolic OH excluding ortho intramolecular Hbond substituents is 2. The van der Waals surface area contributed by atoms with E-state index < -0.39 is 0 Å². The number of hydrogen-bond acceptors (Lipinski definition) is 3. The number of benzene rings is 1. The molecule has 0 bridgehead atoms. The summed E-state index contributed by atoms with van der Waals surface area (Å²) in [6.07, 6.45) is 4.89. The van der Waals surface area contributed by atoms with Crippen molar-refractivity contribution in [2.45, 2.75) is 32.1 Å². The Morgan fingerprint density at radius 1 is 1.12 bits per heavy atom. The average molecular weight is 232 g/mol. The van der Waals surface area contributed by atoms with E-state index in [-0.39, 0.29) is 28.3 Å². The van der Waals surface area contributed by atoms with E-state index in [1.807, 2.05) is 19.9 Å². The molecule has 0 heterocycles. The monoisotopic (exact) mass is 232 g/mol. The van der Waals surface area contributed by atoms with Crippen LogP contribution in [0.4, 0.5) is 0 Å². The van der Waals surface area contributed by atoms with Crippen molar-refractivity contribution in [3.05, 3.63) is 35.4 Å². The van der Waals surface area contributed by atoms with E-state index >= 15 is 0 Å². The summed E-state index contributed by atoms with van der Waals surface area (Å²) in [7, 11) is 0. The number of ketones is 1. The summed E-state index contributed by atoms with van der Waals surface area (Å²) in [4.78, 5) is 11.8. The van der Waals surface area contributed by atoms with Crippen LogP contribution >= 0.6 is 0 Å². The highest BCUT2D eigenvalue weighted by Crippen LogP contribution is 2.45. The van der Waals surface area contributed by atoms with E-state index in [2.05, 4.69) is 0 Å². The van der Waals surface area contributed by atoms with Gasteiger partial charge < -0.3 is 10.2 Å². The van der Waals surface area contributed by atoms with Crippen LogP contribution in [0.3, 0.4) is 0 Å². The number of aromatic hydroxyl groups is 2. The van der Waals surface area contributed by atoms with Gasteiger partial charge in [-0.2, -0.15) is 0 Å². The zero-order valence-corrected chi connectivity index (χ0v) is 10.0. The van der Waals surface area contributed by atoms with Crippen molar-refractivity contribution in [3.8, 4) is 11.5 Å². The fraction of sp³-hybridized carbons (Fsp3) is 0.357. The highest BCUT2D eigenvalue weighted by molar-refractivity contribution is 6.09. The fourth-order valence-corrected chi connectivity index (χ4v) is 2.58. The van der Waals surface area contributed by atoms with Crippen LogP contribution in [0.15, 0.2) is 24.3 Å². The molecule has 1 aliphatic carbocycles. The molecule has 0 atom stereocenters. The van der Waals surface area contributed by atoms with E-state index in [4.69, 9.17) is 0 Å². The molecule has 3 heteroatoms. The molecule has 0 aliphatic heterocycles. The molecule has 2 rings (SSSR count). The van der Waals surface area contributed by atoms with Gasteiger partial charge in [0.1, 0.15) is 11.5 Å². The molecule has 0 unspecified atom stereocenters. The first-order valence-corrected chi connectivity index (χ1v) is 5.84. The highest BCUT2D eigenvalue weighted by Gasteiger charge is 2.37. The highest BCUT2D eigenvalue weighted by atomic mass is 16.3. The van der Waals surface area contributed by atoms with E-state index in [0.29, 0.717) is 5.56 Å². The van der Waals surface area contributed by atoms with Crippen molar-refractivity contribution in [2.75, 3.05) is 0 Å². The van der Waals surface area contributed by atoms with Crippen molar-refractivity contribution < 1.29 is 15.0 Å². The van der Waals surface area contributed by atoms with E-state index in [0.717, 1.165) is 12.8 Å². The Morgan fingerprint density at radius 3 is 2.29 bits per heavy atom. The molecule has 1 aromatic carbocycles. The second-order valence-electron chi connectivity index (χ2n) is 4.41. The zero-order valence-electron chi connectivity index (χ0n) is 10.0. The quantitative estimate of drug-likeness (QED) is 0.771. The van der Waals surface area contributed by atoms with Gasteiger partial charge in [-0.1, -0.05) is 19.9 Å². The Morgan fingerprint density at radius 2 is 1.71 bits per heavy atom. The number of carbonyl (C=O) groups excluding carboxylic acids is 1. The van der Waals surface area contributed by atoms with Gasteiger partial charge in [-0.25, -0.2) is 0 Å². The lowest BCUT2D eigenvalue weighted by Crippen LogP contribution is -2.28. The summed E-state index contributed by atoms with van der Waals surface area (Å²) >= 11 is 0. The fourth-order valence-electron chi connectivity index (χ4n) is 2.58. The molecule has 0 spiro atoms. The molecule has 3 nitrogen and oxygen atoms in total. The first-order valence-electron chi connectivity index (χ1n) is 5.84.